The van der Waals surface area contributed by atoms with Crippen LogP contribution in [0.3, 0.4) is 0 Å². The molecule has 1 nitrogen and oxygen atoms in total. The van der Waals surface area contributed by atoms with Crippen molar-refractivity contribution in [2.45, 2.75) is 39.8 Å². The molecule has 0 aromatic heterocycles. The zero-order valence-corrected chi connectivity index (χ0v) is 10.9. The molecule has 1 rings (SSSR count). The lowest BCUT2D eigenvalue weighted by atomic mass is 10.2. The minimum absolute atomic E-state index is 0.598. The quantitative estimate of drug-likeness (QED) is 0.724. The normalized spacial score (nSPS) is 12.2. The number of nitrogens with zero attached hydrogens (tertiary/aromatic N) is 1. The van der Waals surface area contributed by atoms with Crippen LogP contribution in [0, 0.1) is 0 Å². The molecule has 0 fully saturated rings. The number of hydrogen-bond donors (Lipinski definition) is 0. The predicted octanol–water partition coefficient (Wildman–Crippen LogP) is 3.82. The molecule has 1 heteroatoms. The largest absolute Gasteiger partial charge is 0.295 e. The van der Waals surface area contributed by atoms with Gasteiger partial charge in [0.15, 0.2) is 0 Å². The molecule has 0 N–H and O–H groups in total. The van der Waals surface area contributed by atoms with E-state index in [1.54, 1.807) is 0 Å². The maximum absolute atomic E-state index is 2.47. The molecular formula is C15H23N. The van der Waals surface area contributed by atoms with Crippen molar-refractivity contribution in [1.82, 2.24) is 4.90 Å². The van der Waals surface area contributed by atoms with Crippen molar-refractivity contribution >= 4 is 6.08 Å². The Morgan fingerprint density at radius 3 is 2.06 bits per heavy atom. The first-order valence-corrected chi connectivity index (χ1v) is 6.08. The Hall–Kier alpha value is -1.08. The molecule has 0 spiro atoms. The molecule has 0 aliphatic rings. The fourth-order valence-electron chi connectivity index (χ4n) is 1.89. The van der Waals surface area contributed by atoms with Gasteiger partial charge in [-0.2, -0.15) is 0 Å². The van der Waals surface area contributed by atoms with Crippen molar-refractivity contribution in [1.29, 1.82) is 0 Å². The summed E-state index contributed by atoms with van der Waals surface area (Å²) in [6, 6.07) is 11.6. The molecule has 16 heavy (non-hydrogen) atoms. The van der Waals surface area contributed by atoms with Crippen LogP contribution in [0.4, 0.5) is 0 Å². The van der Waals surface area contributed by atoms with Crippen molar-refractivity contribution in [2.24, 2.45) is 0 Å². The Kier molecular flexibility index (Phi) is 5.27. The van der Waals surface area contributed by atoms with Crippen LogP contribution in [0.1, 0.15) is 33.3 Å². The fraction of sp³-hybridized carbons (Fsp3) is 0.467. The standard InChI is InChI=1S/C15H23N/c1-13(2)16(14(3)4)12-8-11-15-9-6-5-7-10-15/h5-11,13-14H,12H2,1-4H3. The molecule has 0 aliphatic carbocycles. The molecule has 0 radical (unpaired) electrons. The van der Waals surface area contributed by atoms with Crippen LogP contribution >= 0.6 is 0 Å². The topological polar surface area (TPSA) is 3.24 Å². The van der Waals surface area contributed by atoms with Crippen molar-refractivity contribution in [3.8, 4) is 0 Å². The smallest absolute Gasteiger partial charge is 0.0171 e. The predicted molar refractivity (Wildman–Crippen MR) is 72.5 cm³/mol. The summed E-state index contributed by atoms with van der Waals surface area (Å²) in [7, 11) is 0. The van der Waals surface area contributed by atoms with Gasteiger partial charge in [0.1, 0.15) is 0 Å². The van der Waals surface area contributed by atoms with E-state index in [4.69, 9.17) is 0 Å². The minimum Gasteiger partial charge on any atom is -0.295 e. The monoisotopic (exact) mass is 217 g/mol. The third kappa shape index (κ3) is 4.19. The Labute approximate surface area is 99.8 Å². The number of benzene rings is 1. The van der Waals surface area contributed by atoms with E-state index in [2.05, 4.69) is 69.0 Å². The van der Waals surface area contributed by atoms with E-state index >= 15 is 0 Å². The summed E-state index contributed by atoms with van der Waals surface area (Å²) in [5.74, 6) is 0. The highest BCUT2D eigenvalue weighted by atomic mass is 15.2. The molecule has 0 saturated heterocycles. The highest BCUT2D eigenvalue weighted by Crippen LogP contribution is 2.06. The van der Waals surface area contributed by atoms with Gasteiger partial charge in [0.25, 0.3) is 0 Å². The van der Waals surface area contributed by atoms with Gasteiger partial charge in [-0.1, -0.05) is 42.5 Å². The summed E-state index contributed by atoms with van der Waals surface area (Å²) >= 11 is 0. The highest BCUT2D eigenvalue weighted by Gasteiger charge is 2.10. The van der Waals surface area contributed by atoms with E-state index in [-0.39, 0.29) is 0 Å². The molecule has 0 aliphatic heterocycles. The van der Waals surface area contributed by atoms with Crippen LogP contribution in [-0.2, 0) is 0 Å². The summed E-state index contributed by atoms with van der Waals surface area (Å²) < 4.78 is 0. The van der Waals surface area contributed by atoms with Crippen LogP contribution in [0.15, 0.2) is 36.4 Å². The summed E-state index contributed by atoms with van der Waals surface area (Å²) in [4.78, 5) is 2.47. The van der Waals surface area contributed by atoms with E-state index in [1.807, 2.05) is 6.07 Å². The van der Waals surface area contributed by atoms with Crippen LogP contribution in [0.2, 0.25) is 0 Å². The first-order valence-electron chi connectivity index (χ1n) is 6.08. The molecule has 0 saturated carbocycles. The van der Waals surface area contributed by atoms with Gasteiger partial charge in [-0.3, -0.25) is 4.90 Å². The average Bonchev–Trinajstić information content (AvgIpc) is 2.24. The molecule has 1 aromatic carbocycles. The molecule has 88 valence electrons. The Bertz CT molecular complexity index is 303. The number of hydrogen-bond acceptors (Lipinski definition) is 1. The first kappa shape index (κ1) is 13.0. The first-order chi connectivity index (χ1) is 7.61. The Morgan fingerprint density at radius 1 is 1.00 bits per heavy atom. The zero-order valence-electron chi connectivity index (χ0n) is 10.9. The van der Waals surface area contributed by atoms with Gasteiger partial charge in [0, 0.05) is 18.6 Å². The summed E-state index contributed by atoms with van der Waals surface area (Å²) in [6.07, 6.45) is 4.44. The SMILES string of the molecule is CC(C)N(CC=Cc1ccccc1)C(C)C. The summed E-state index contributed by atoms with van der Waals surface area (Å²) in [5.41, 5.74) is 1.27. The van der Waals surface area contributed by atoms with Crippen LogP contribution in [-0.4, -0.2) is 23.5 Å². The van der Waals surface area contributed by atoms with E-state index in [1.165, 1.54) is 5.56 Å². The Morgan fingerprint density at radius 2 is 1.56 bits per heavy atom. The maximum Gasteiger partial charge on any atom is 0.0171 e. The number of rotatable bonds is 5. The van der Waals surface area contributed by atoms with Crippen LogP contribution < -0.4 is 0 Å². The molecule has 1 aromatic rings. The van der Waals surface area contributed by atoms with Gasteiger partial charge in [-0.05, 0) is 33.3 Å². The second-order valence-electron chi connectivity index (χ2n) is 4.70. The van der Waals surface area contributed by atoms with Crippen molar-refractivity contribution in [3.05, 3.63) is 42.0 Å². The highest BCUT2D eigenvalue weighted by molar-refractivity contribution is 5.48. The van der Waals surface area contributed by atoms with Gasteiger partial charge < -0.3 is 0 Å². The molecule has 0 atom stereocenters. The van der Waals surface area contributed by atoms with Crippen molar-refractivity contribution in [3.63, 3.8) is 0 Å². The third-order valence-corrected chi connectivity index (χ3v) is 2.75. The van der Waals surface area contributed by atoms with Crippen LogP contribution in [0.25, 0.3) is 6.08 Å². The van der Waals surface area contributed by atoms with Crippen LogP contribution in [0.5, 0.6) is 0 Å². The second-order valence-corrected chi connectivity index (χ2v) is 4.70. The van der Waals surface area contributed by atoms with Gasteiger partial charge in [-0.15, -0.1) is 0 Å². The second kappa shape index (κ2) is 6.49. The average molecular weight is 217 g/mol. The lowest BCUT2D eigenvalue weighted by molar-refractivity contribution is 0.196. The lowest BCUT2D eigenvalue weighted by Gasteiger charge is -2.29. The zero-order chi connectivity index (χ0) is 12.0. The van der Waals surface area contributed by atoms with Crippen molar-refractivity contribution in [2.75, 3.05) is 6.54 Å². The molecule has 0 bridgehead atoms. The van der Waals surface area contributed by atoms with Crippen molar-refractivity contribution < 1.29 is 0 Å². The maximum atomic E-state index is 2.47. The van der Waals surface area contributed by atoms with Gasteiger partial charge in [0.2, 0.25) is 0 Å². The molecule has 0 unspecified atom stereocenters. The van der Waals surface area contributed by atoms with Gasteiger partial charge >= 0.3 is 0 Å². The van der Waals surface area contributed by atoms with E-state index in [0.29, 0.717) is 12.1 Å². The van der Waals surface area contributed by atoms with E-state index < -0.39 is 0 Å². The Balaban J connectivity index is 2.52. The third-order valence-electron chi connectivity index (χ3n) is 2.75. The molecule has 0 amide bonds. The molecule has 0 heterocycles. The van der Waals surface area contributed by atoms with Gasteiger partial charge in [0.05, 0.1) is 0 Å². The lowest BCUT2D eigenvalue weighted by Crippen LogP contribution is -2.36. The summed E-state index contributed by atoms with van der Waals surface area (Å²) in [6.45, 7) is 10.0. The fourth-order valence-corrected chi connectivity index (χ4v) is 1.89. The van der Waals surface area contributed by atoms with Gasteiger partial charge in [-0.25, -0.2) is 0 Å². The minimum atomic E-state index is 0.598. The molecular weight excluding hydrogens is 194 g/mol. The van der Waals surface area contributed by atoms with E-state index in [0.717, 1.165) is 6.54 Å². The summed E-state index contributed by atoms with van der Waals surface area (Å²) in [5, 5.41) is 0. The van der Waals surface area contributed by atoms with E-state index in [9.17, 15) is 0 Å².